The Balaban J connectivity index is 2.10. The van der Waals surface area contributed by atoms with Crippen molar-refractivity contribution in [1.29, 1.82) is 0 Å². The van der Waals surface area contributed by atoms with Gasteiger partial charge in [0.2, 0.25) is 0 Å². The van der Waals surface area contributed by atoms with E-state index in [1.54, 1.807) is 18.9 Å². The summed E-state index contributed by atoms with van der Waals surface area (Å²) in [5.41, 5.74) is -1.02. The summed E-state index contributed by atoms with van der Waals surface area (Å²) in [6.07, 6.45) is 4.57. The Morgan fingerprint density at radius 3 is 2.47 bits per heavy atom. The van der Waals surface area contributed by atoms with Crippen LogP contribution in [-0.4, -0.2) is 52.1 Å². The normalized spacial score (nSPS) is 28.9. The van der Waals surface area contributed by atoms with Crippen LogP contribution in [0.3, 0.4) is 0 Å². The van der Waals surface area contributed by atoms with Crippen LogP contribution in [0.25, 0.3) is 0 Å². The lowest BCUT2D eigenvalue weighted by molar-refractivity contribution is -0.147. The first-order valence-electron chi connectivity index (χ1n) is 6.24. The minimum Gasteiger partial charge on any atom is -0.480 e. The third-order valence-electron chi connectivity index (χ3n) is 4.26. The topological polar surface area (TPSA) is 60.9 Å². The molecule has 1 atom stereocenters. The molecule has 1 saturated heterocycles. The lowest BCUT2D eigenvalue weighted by atomic mass is 9.92. The highest BCUT2D eigenvalue weighted by atomic mass is 16.4. The molecule has 1 N–H and O–H groups in total. The van der Waals surface area contributed by atoms with Crippen LogP contribution in [-0.2, 0) is 4.79 Å². The molecule has 2 rings (SSSR count). The molecule has 1 saturated carbocycles. The van der Waals surface area contributed by atoms with Crippen LogP contribution < -0.4 is 0 Å². The van der Waals surface area contributed by atoms with Gasteiger partial charge in [-0.25, -0.2) is 9.59 Å². The molecule has 17 heavy (non-hydrogen) atoms. The number of carbonyl (C=O) groups is 2. The number of likely N-dealkylation sites (tertiary alicyclic amines) is 1. The molecule has 0 aromatic carbocycles. The molecule has 5 nitrogen and oxygen atoms in total. The Labute approximate surface area is 101 Å². The van der Waals surface area contributed by atoms with Gasteiger partial charge in [-0.3, -0.25) is 0 Å². The molecule has 2 aliphatic rings. The van der Waals surface area contributed by atoms with Crippen molar-refractivity contribution < 1.29 is 14.7 Å². The predicted octanol–water partition coefficient (Wildman–Crippen LogP) is 1.53. The molecule has 2 fully saturated rings. The van der Waals surface area contributed by atoms with Gasteiger partial charge in [-0.1, -0.05) is 0 Å². The van der Waals surface area contributed by atoms with Crippen molar-refractivity contribution in [3.8, 4) is 0 Å². The number of urea groups is 1. The van der Waals surface area contributed by atoms with Crippen LogP contribution >= 0.6 is 0 Å². The van der Waals surface area contributed by atoms with E-state index >= 15 is 0 Å². The van der Waals surface area contributed by atoms with Crippen molar-refractivity contribution in [3.05, 3.63) is 0 Å². The van der Waals surface area contributed by atoms with Crippen molar-refractivity contribution in [3.63, 3.8) is 0 Å². The van der Waals surface area contributed by atoms with Gasteiger partial charge < -0.3 is 14.9 Å². The van der Waals surface area contributed by atoms with E-state index in [9.17, 15) is 14.7 Å². The first-order valence-corrected chi connectivity index (χ1v) is 6.24. The zero-order valence-electron chi connectivity index (χ0n) is 10.5. The molecule has 0 radical (unpaired) electrons. The molecule has 1 aliphatic carbocycles. The number of hydrogen-bond acceptors (Lipinski definition) is 2. The van der Waals surface area contributed by atoms with E-state index in [1.807, 2.05) is 0 Å². The van der Waals surface area contributed by atoms with Gasteiger partial charge in [0.1, 0.15) is 5.54 Å². The molecule has 1 aliphatic heterocycles. The second-order valence-electron chi connectivity index (χ2n) is 5.31. The van der Waals surface area contributed by atoms with Crippen LogP contribution in [0.4, 0.5) is 4.79 Å². The van der Waals surface area contributed by atoms with E-state index in [0.29, 0.717) is 19.0 Å². The Hall–Kier alpha value is -1.26. The number of rotatable bonds is 2. The van der Waals surface area contributed by atoms with Crippen molar-refractivity contribution in [2.24, 2.45) is 0 Å². The fourth-order valence-electron chi connectivity index (χ4n) is 2.61. The fourth-order valence-corrected chi connectivity index (χ4v) is 2.61. The molecule has 0 bridgehead atoms. The van der Waals surface area contributed by atoms with Gasteiger partial charge in [0.05, 0.1) is 0 Å². The highest BCUT2D eigenvalue weighted by Gasteiger charge is 2.47. The summed E-state index contributed by atoms with van der Waals surface area (Å²) >= 11 is 0. The largest absolute Gasteiger partial charge is 0.480 e. The summed E-state index contributed by atoms with van der Waals surface area (Å²) in [5.74, 6) is -0.898. The average molecular weight is 240 g/mol. The molecule has 0 spiro atoms. The third-order valence-corrected chi connectivity index (χ3v) is 4.26. The molecule has 96 valence electrons. The maximum atomic E-state index is 12.3. The zero-order valence-corrected chi connectivity index (χ0v) is 10.5. The van der Waals surface area contributed by atoms with Crippen molar-refractivity contribution >= 4 is 12.0 Å². The summed E-state index contributed by atoms with van der Waals surface area (Å²) in [6, 6.07) is 0.179. The number of hydrogen-bond donors (Lipinski definition) is 1. The van der Waals surface area contributed by atoms with Crippen LogP contribution in [0, 0.1) is 0 Å². The Morgan fingerprint density at radius 1 is 1.35 bits per heavy atom. The molecular formula is C12H20N2O3. The van der Waals surface area contributed by atoms with Gasteiger partial charge >= 0.3 is 12.0 Å². The Bertz CT molecular complexity index is 341. The summed E-state index contributed by atoms with van der Waals surface area (Å²) in [7, 11) is 1.78. The Kier molecular flexibility index (Phi) is 3.02. The first-order chi connectivity index (χ1) is 7.97. The lowest BCUT2D eigenvalue weighted by Crippen LogP contribution is -2.56. The molecule has 1 heterocycles. The van der Waals surface area contributed by atoms with E-state index in [0.717, 1.165) is 19.3 Å². The molecule has 5 heteroatoms. The fraction of sp³-hybridized carbons (Fsp3) is 0.833. The van der Waals surface area contributed by atoms with Crippen LogP contribution in [0.5, 0.6) is 0 Å². The van der Waals surface area contributed by atoms with Gasteiger partial charge in [-0.15, -0.1) is 0 Å². The third kappa shape index (κ3) is 1.87. The number of amides is 2. The summed E-state index contributed by atoms with van der Waals surface area (Å²) in [6.45, 7) is 2.20. The summed E-state index contributed by atoms with van der Waals surface area (Å²) < 4.78 is 0. The minimum atomic E-state index is -1.02. The quantitative estimate of drug-likeness (QED) is 0.796. The predicted molar refractivity (Wildman–Crippen MR) is 62.8 cm³/mol. The van der Waals surface area contributed by atoms with E-state index in [4.69, 9.17) is 0 Å². The number of carbonyl (C=O) groups excluding carboxylic acids is 1. The molecule has 0 aromatic heterocycles. The monoisotopic (exact) mass is 240 g/mol. The van der Waals surface area contributed by atoms with Crippen LogP contribution in [0.15, 0.2) is 0 Å². The van der Waals surface area contributed by atoms with Crippen LogP contribution in [0.2, 0.25) is 0 Å². The second kappa shape index (κ2) is 4.20. The Morgan fingerprint density at radius 2 is 2.00 bits per heavy atom. The lowest BCUT2D eigenvalue weighted by Gasteiger charge is -2.40. The maximum absolute atomic E-state index is 12.3. The molecule has 1 unspecified atom stereocenters. The maximum Gasteiger partial charge on any atom is 0.329 e. The van der Waals surface area contributed by atoms with E-state index in [-0.39, 0.29) is 6.03 Å². The highest BCUT2D eigenvalue weighted by molar-refractivity contribution is 5.86. The number of carboxylic acids is 1. The van der Waals surface area contributed by atoms with Gasteiger partial charge in [-0.2, -0.15) is 0 Å². The molecule has 0 aromatic rings. The SMILES string of the molecule is CN(C(=O)N1CCCC1(C)C(=O)O)C1CCC1. The smallest absolute Gasteiger partial charge is 0.329 e. The van der Waals surface area contributed by atoms with Gasteiger partial charge in [-0.05, 0) is 39.0 Å². The summed E-state index contributed by atoms with van der Waals surface area (Å²) in [4.78, 5) is 26.8. The minimum absolute atomic E-state index is 0.128. The highest BCUT2D eigenvalue weighted by Crippen LogP contribution is 2.32. The number of aliphatic carboxylic acids is 1. The molecular weight excluding hydrogens is 220 g/mol. The second-order valence-corrected chi connectivity index (χ2v) is 5.31. The van der Waals surface area contributed by atoms with Crippen molar-refractivity contribution in [1.82, 2.24) is 9.80 Å². The van der Waals surface area contributed by atoms with Gasteiger partial charge in [0.25, 0.3) is 0 Å². The zero-order chi connectivity index (χ0) is 12.6. The number of nitrogens with zero attached hydrogens (tertiary/aromatic N) is 2. The number of carboxylic acid groups (broad SMARTS) is 1. The van der Waals surface area contributed by atoms with E-state index in [2.05, 4.69) is 0 Å². The van der Waals surface area contributed by atoms with Crippen molar-refractivity contribution in [2.75, 3.05) is 13.6 Å². The standard InChI is InChI=1S/C12H20N2O3/c1-12(10(15)16)7-4-8-14(12)11(17)13(2)9-5-3-6-9/h9H,3-8H2,1-2H3,(H,15,16). The van der Waals surface area contributed by atoms with Crippen molar-refractivity contribution in [2.45, 2.75) is 50.6 Å². The van der Waals surface area contributed by atoms with Crippen LogP contribution in [0.1, 0.15) is 39.0 Å². The first kappa shape index (κ1) is 12.2. The average Bonchev–Trinajstić information content (AvgIpc) is 2.58. The molecule has 2 amide bonds. The summed E-state index contributed by atoms with van der Waals surface area (Å²) in [5, 5.41) is 9.27. The van der Waals surface area contributed by atoms with E-state index < -0.39 is 11.5 Å². The van der Waals surface area contributed by atoms with Gasteiger partial charge in [0, 0.05) is 19.6 Å². The van der Waals surface area contributed by atoms with Gasteiger partial charge in [0.15, 0.2) is 0 Å². The van der Waals surface area contributed by atoms with E-state index in [1.165, 1.54) is 11.3 Å².